The summed E-state index contributed by atoms with van der Waals surface area (Å²) in [5.74, 6) is 1.50. The SMILES string of the molecule is Cn1ccc([C@H]2CCCN(C(=O)CCSc3ccccc3)C2)n1. The highest BCUT2D eigenvalue weighted by atomic mass is 32.2. The fourth-order valence-corrected chi connectivity index (χ4v) is 3.89. The van der Waals surface area contributed by atoms with Crippen LogP contribution in [-0.4, -0.2) is 39.4 Å². The third kappa shape index (κ3) is 4.38. The minimum atomic E-state index is 0.272. The minimum Gasteiger partial charge on any atom is -0.342 e. The van der Waals surface area contributed by atoms with Crippen LogP contribution < -0.4 is 0 Å². The maximum Gasteiger partial charge on any atom is 0.223 e. The van der Waals surface area contributed by atoms with Crippen molar-refractivity contribution >= 4 is 17.7 Å². The summed E-state index contributed by atoms with van der Waals surface area (Å²) in [6, 6.07) is 12.3. The molecule has 0 radical (unpaired) electrons. The molecule has 5 heteroatoms. The van der Waals surface area contributed by atoms with Gasteiger partial charge in [-0.2, -0.15) is 5.10 Å². The zero-order chi connectivity index (χ0) is 16.1. The summed E-state index contributed by atoms with van der Waals surface area (Å²) in [4.78, 5) is 15.7. The number of amides is 1. The average Bonchev–Trinajstić information content (AvgIpc) is 3.02. The van der Waals surface area contributed by atoms with Gasteiger partial charge in [0.2, 0.25) is 5.91 Å². The van der Waals surface area contributed by atoms with Crippen molar-refractivity contribution in [1.29, 1.82) is 0 Å². The highest BCUT2D eigenvalue weighted by Gasteiger charge is 2.25. The van der Waals surface area contributed by atoms with Crippen LogP contribution in [0.15, 0.2) is 47.5 Å². The maximum atomic E-state index is 12.5. The number of rotatable bonds is 5. The average molecular weight is 329 g/mol. The maximum absolute atomic E-state index is 12.5. The summed E-state index contributed by atoms with van der Waals surface area (Å²) in [6.07, 6.45) is 4.78. The number of hydrogen-bond donors (Lipinski definition) is 0. The van der Waals surface area contributed by atoms with E-state index in [0.29, 0.717) is 12.3 Å². The summed E-state index contributed by atoms with van der Waals surface area (Å²) >= 11 is 1.75. The number of thioether (sulfide) groups is 1. The lowest BCUT2D eigenvalue weighted by Gasteiger charge is -2.32. The van der Waals surface area contributed by atoms with E-state index in [1.54, 1.807) is 11.8 Å². The second-order valence-electron chi connectivity index (χ2n) is 6.00. The van der Waals surface area contributed by atoms with Crippen molar-refractivity contribution < 1.29 is 4.79 Å². The van der Waals surface area contributed by atoms with E-state index < -0.39 is 0 Å². The normalized spacial score (nSPS) is 18.1. The molecule has 0 bridgehead atoms. The molecule has 1 aliphatic rings. The Balaban J connectivity index is 1.49. The first-order valence-corrected chi connectivity index (χ1v) is 9.16. The predicted octanol–water partition coefficient (Wildman–Crippen LogP) is 3.31. The van der Waals surface area contributed by atoms with Gasteiger partial charge in [-0.05, 0) is 31.0 Å². The van der Waals surface area contributed by atoms with Gasteiger partial charge < -0.3 is 4.90 Å². The third-order valence-corrected chi connectivity index (χ3v) is 5.27. The number of aromatic nitrogens is 2. The summed E-state index contributed by atoms with van der Waals surface area (Å²) < 4.78 is 1.84. The van der Waals surface area contributed by atoms with E-state index in [0.717, 1.165) is 37.4 Å². The highest BCUT2D eigenvalue weighted by Crippen LogP contribution is 2.26. The Hall–Kier alpha value is -1.75. The summed E-state index contributed by atoms with van der Waals surface area (Å²) in [6.45, 7) is 1.70. The number of nitrogens with zero attached hydrogens (tertiary/aromatic N) is 3. The van der Waals surface area contributed by atoms with Crippen molar-refractivity contribution in [2.24, 2.45) is 7.05 Å². The molecular formula is C18H23N3OS. The Morgan fingerprint density at radius 2 is 2.13 bits per heavy atom. The van der Waals surface area contributed by atoms with Crippen molar-refractivity contribution in [1.82, 2.24) is 14.7 Å². The van der Waals surface area contributed by atoms with Gasteiger partial charge in [0.1, 0.15) is 0 Å². The van der Waals surface area contributed by atoms with Crippen LogP contribution in [-0.2, 0) is 11.8 Å². The summed E-state index contributed by atoms with van der Waals surface area (Å²) in [7, 11) is 1.94. The molecule has 1 aromatic carbocycles. The fourth-order valence-electron chi connectivity index (χ4n) is 3.03. The molecule has 1 atom stereocenters. The van der Waals surface area contributed by atoms with Crippen LogP contribution in [0, 0.1) is 0 Å². The number of carbonyl (C=O) groups excluding carboxylic acids is 1. The molecule has 4 nitrogen and oxygen atoms in total. The van der Waals surface area contributed by atoms with Crippen molar-refractivity contribution in [3.8, 4) is 0 Å². The third-order valence-electron chi connectivity index (χ3n) is 4.25. The second kappa shape index (κ2) is 7.68. The molecule has 1 aliphatic heterocycles. The number of likely N-dealkylation sites (tertiary alicyclic amines) is 1. The van der Waals surface area contributed by atoms with Crippen LogP contribution >= 0.6 is 11.8 Å². The molecule has 1 amide bonds. The van der Waals surface area contributed by atoms with Crippen LogP contribution in [0.1, 0.15) is 30.9 Å². The van der Waals surface area contributed by atoms with E-state index in [9.17, 15) is 4.79 Å². The molecule has 122 valence electrons. The molecule has 2 aromatic rings. The molecule has 0 aliphatic carbocycles. The van der Waals surface area contributed by atoms with E-state index in [4.69, 9.17) is 0 Å². The van der Waals surface area contributed by atoms with E-state index in [1.165, 1.54) is 4.90 Å². The van der Waals surface area contributed by atoms with Crippen LogP contribution in [0.25, 0.3) is 0 Å². The molecule has 0 spiro atoms. The molecule has 0 saturated carbocycles. The van der Waals surface area contributed by atoms with Gasteiger partial charge in [0, 0.05) is 49.3 Å². The van der Waals surface area contributed by atoms with Gasteiger partial charge in [0.05, 0.1) is 5.69 Å². The standard InChI is InChI=1S/C18H23N3OS/c1-20-12-9-17(19-20)15-6-5-11-21(14-15)18(22)10-13-23-16-7-3-2-4-8-16/h2-4,7-9,12,15H,5-6,10-11,13-14H2,1H3/t15-/m0/s1. The first-order chi connectivity index (χ1) is 11.2. The molecule has 3 rings (SSSR count). The number of piperidine rings is 1. The van der Waals surface area contributed by atoms with Crippen molar-refractivity contribution in [3.05, 3.63) is 48.3 Å². The lowest BCUT2D eigenvalue weighted by molar-refractivity contribution is -0.131. The Morgan fingerprint density at radius 3 is 2.87 bits per heavy atom. The molecule has 23 heavy (non-hydrogen) atoms. The predicted molar refractivity (Wildman–Crippen MR) is 93.5 cm³/mol. The second-order valence-corrected chi connectivity index (χ2v) is 7.17. The number of carbonyl (C=O) groups is 1. The van der Waals surface area contributed by atoms with Crippen LogP contribution in [0.3, 0.4) is 0 Å². The van der Waals surface area contributed by atoms with Crippen LogP contribution in [0.2, 0.25) is 0 Å². The fraction of sp³-hybridized carbons (Fsp3) is 0.444. The zero-order valence-corrected chi connectivity index (χ0v) is 14.3. The van der Waals surface area contributed by atoms with Gasteiger partial charge in [0.25, 0.3) is 0 Å². The van der Waals surface area contributed by atoms with Gasteiger partial charge in [-0.15, -0.1) is 11.8 Å². The molecule has 0 unspecified atom stereocenters. The Morgan fingerprint density at radius 1 is 1.30 bits per heavy atom. The van der Waals surface area contributed by atoms with E-state index >= 15 is 0 Å². The molecule has 1 aromatic heterocycles. The van der Waals surface area contributed by atoms with Gasteiger partial charge in [-0.1, -0.05) is 18.2 Å². The van der Waals surface area contributed by atoms with E-state index in [2.05, 4.69) is 23.3 Å². The van der Waals surface area contributed by atoms with Gasteiger partial charge in [-0.25, -0.2) is 0 Å². The minimum absolute atomic E-state index is 0.272. The quantitative estimate of drug-likeness (QED) is 0.790. The topological polar surface area (TPSA) is 38.1 Å². The zero-order valence-electron chi connectivity index (χ0n) is 13.5. The Kier molecular flexibility index (Phi) is 5.39. The molecule has 1 fully saturated rings. The first kappa shape index (κ1) is 16.1. The van der Waals surface area contributed by atoms with E-state index in [-0.39, 0.29) is 5.91 Å². The highest BCUT2D eigenvalue weighted by molar-refractivity contribution is 7.99. The van der Waals surface area contributed by atoms with Crippen molar-refractivity contribution in [3.63, 3.8) is 0 Å². The molecule has 0 N–H and O–H groups in total. The van der Waals surface area contributed by atoms with Crippen molar-refractivity contribution in [2.75, 3.05) is 18.8 Å². The van der Waals surface area contributed by atoms with Crippen LogP contribution in [0.5, 0.6) is 0 Å². The van der Waals surface area contributed by atoms with E-state index in [1.807, 2.05) is 41.0 Å². The van der Waals surface area contributed by atoms with Gasteiger partial charge >= 0.3 is 0 Å². The number of hydrogen-bond acceptors (Lipinski definition) is 3. The van der Waals surface area contributed by atoms with Gasteiger partial charge in [-0.3, -0.25) is 9.48 Å². The van der Waals surface area contributed by atoms with Crippen molar-refractivity contribution in [2.45, 2.75) is 30.1 Å². The number of aryl methyl sites for hydroxylation is 1. The molecule has 2 heterocycles. The summed E-state index contributed by atoms with van der Waals surface area (Å²) in [5, 5.41) is 4.50. The lowest BCUT2D eigenvalue weighted by Crippen LogP contribution is -2.39. The monoisotopic (exact) mass is 329 g/mol. The first-order valence-electron chi connectivity index (χ1n) is 8.17. The smallest absolute Gasteiger partial charge is 0.223 e. The molecular weight excluding hydrogens is 306 g/mol. The Bertz CT molecular complexity index is 641. The summed E-state index contributed by atoms with van der Waals surface area (Å²) in [5.41, 5.74) is 1.11. The lowest BCUT2D eigenvalue weighted by atomic mass is 9.95. The number of benzene rings is 1. The van der Waals surface area contributed by atoms with Crippen LogP contribution in [0.4, 0.5) is 0 Å². The largest absolute Gasteiger partial charge is 0.342 e. The van der Waals surface area contributed by atoms with Gasteiger partial charge in [0.15, 0.2) is 0 Å². The Labute approximate surface area is 141 Å². The molecule has 1 saturated heterocycles.